The number of benzene rings is 1. The Bertz CT molecular complexity index is 1080. The van der Waals surface area contributed by atoms with Gasteiger partial charge in [-0.05, 0) is 37.1 Å². The van der Waals surface area contributed by atoms with Crippen LogP contribution in [0.4, 0.5) is 5.82 Å². The summed E-state index contributed by atoms with van der Waals surface area (Å²) in [5.74, 6) is 3.52. The number of anilines is 1. The SMILES string of the molecule is COc1cccc(OC)c1C(=O)N1CCN(c2ccc(-c3noc(C4CC4)n3)cn2)CC1. The van der Waals surface area contributed by atoms with Gasteiger partial charge in [0.2, 0.25) is 11.7 Å². The molecule has 1 aromatic carbocycles. The lowest BCUT2D eigenvalue weighted by molar-refractivity contribution is 0.0739. The molecular formula is C23H25N5O4. The molecule has 2 aromatic heterocycles. The van der Waals surface area contributed by atoms with E-state index >= 15 is 0 Å². The summed E-state index contributed by atoms with van der Waals surface area (Å²) < 4.78 is 16.1. The highest BCUT2D eigenvalue weighted by atomic mass is 16.5. The van der Waals surface area contributed by atoms with E-state index in [1.807, 2.05) is 23.1 Å². The standard InChI is InChI=1S/C23H25N5O4/c1-30-17-4-3-5-18(31-2)20(17)23(29)28-12-10-27(11-13-28)19-9-8-16(14-24-19)21-25-22(32-26-21)15-6-7-15/h3-5,8-9,14-15H,6-7,10-13H2,1-2H3. The molecule has 1 saturated carbocycles. The third-order valence-electron chi connectivity index (χ3n) is 5.91. The zero-order valence-corrected chi connectivity index (χ0v) is 18.2. The number of methoxy groups -OCH3 is 2. The van der Waals surface area contributed by atoms with Crippen molar-refractivity contribution in [3.63, 3.8) is 0 Å². The Kier molecular flexibility index (Phi) is 5.38. The average molecular weight is 435 g/mol. The van der Waals surface area contributed by atoms with Crippen molar-refractivity contribution >= 4 is 11.7 Å². The van der Waals surface area contributed by atoms with Gasteiger partial charge in [0, 0.05) is 43.9 Å². The topological polar surface area (TPSA) is 93.8 Å². The number of piperazine rings is 1. The lowest BCUT2D eigenvalue weighted by Crippen LogP contribution is -2.49. The van der Waals surface area contributed by atoms with Crippen molar-refractivity contribution in [2.75, 3.05) is 45.3 Å². The third kappa shape index (κ3) is 3.86. The van der Waals surface area contributed by atoms with Crippen molar-refractivity contribution in [3.05, 3.63) is 48.0 Å². The van der Waals surface area contributed by atoms with Gasteiger partial charge < -0.3 is 23.8 Å². The first-order chi connectivity index (χ1) is 15.7. The number of carbonyl (C=O) groups excluding carboxylic acids is 1. The van der Waals surface area contributed by atoms with Gasteiger partial charge in [0.25, 0.3) is 5.91 Å². The summed E-state index contributed by atoms with van der Waals surface area (Å²) in [6.45, 7) is 2.53. The molecular weight excluding hydrogens is 410 g/mol. The summed E-state index contributed by atoms with van der Waals surface area (Å²) in [6, 6.07) is 9.27. The van der Waals surface area contributed by atoms with Crippen molar-refractivity contribution in [1.29, 1.82) is 0 Å². The number of hydrogen-bond acceptors (Lipinski definition) is 8. The monoisotopic (exact) mass is 435 g/mol. The molecule has 0 unspecified atom stereocenters. The van der Waals surface area contributed by atoms with E-state index in [1.54, 1.807) is 32.5 Å². The zero-order valence-electron chi connectivity index (χ0n) is 18.2. The molecule has 166 valence electrons. The van der Waals surface area contributed by atoms with E-state index in [2.05, 4.69) is 20.0 Å². The Morgan fingerprint density at radius 3 is 2.34 bits per heavy atom. The Balaban J connectivity index is 1.24. The van der Waals surface area contributed by atoms with Crippen LogP contribution in [0.1, 0.15) is 35.0 Å². The van der Waals surface area contributed by atoms with Gasteiger partial charge in [0.15, 0.2) is 0 Å². The predicted octanol–water partition coefficient (Wildman–Crippen LogP) is 2.99. The lowest BCUT2D eigenvalue weighted by Gasteiger charge is -2.35. The smallest absolute Gasteiger partial charge is 0.261 e. The van der Waals surface area contributed by atoms with E-state index < -0.39 is 0 Å². The summed E-state index contributed by atoms with van der Waals surface area (Å²) >= 11 is 0. The van der Waals surface area contributed by atoms with E-state index in [0.29, 0.717) is 55.0 Å². The summed E-state index contributed by atoms with van der Waals surface area (Å²) in [4.78, 5) is 26.2. The maximum Gasteiger partial charge on any atom is 0.261 e. The zero-order chi connectivity index (χ0) is 22.1. The van der Waals surface area contributed by atoms with Crippen molar-refractivity contribution in [2.24, 2.45) is 0 Å². The maximum absolute atomic E-state index is 13.2. The maximum atomic E-state index is 13.2. The molecule has 0 atom stereocenters. The number of pyridine rings is 1. The van der Waals surface area contributed by atoms with Gasteiger partial charge in [0.05, 0.1) is 14.2 Å². The van der Waals surface area contributed by atoms with Crippen LogP contribution in [0.15, 0.2) is 41.1 Å². The molecule has 1 aliphatic heterocycles. The molecule has 9 heteroatoms. The van der Waals surface area contributed by atoms with E-state index in [1.165, 1.54) is 0 Å². The van der Waals surface area contributed by atoms with Crippen LogP contribution >= 0.6 is 0 Å². The van der Waals surface area contributed by atoms with Crippen LogP contribution in [0.2, 0.25) is 0 Å². The number of nitrogens with zero attached hydrogens (tertiary/aromatic N) is 5. The van der Waals surface area contributed by atoms with Gasteiger partial charge in [-0.15, -0.1) is 0 Å². The van der Waals surface area contributed by atoms with Crippen LogP contribution < -0.4 is 14.4 Å². The van der Waals surface area contributed by atoms with Crippen molar-refractivity contribution < 1.29 is 18.8 Å². The predicted molar refractivity (Wildman–Crippen MR) is 117 cm³/mol. The summed E-state index contributed by atoms with van der Waals surface area (Å²) in [7, 11) is 3.11. The fourth-order valence-electron chi connectivity index (χ4n) is 3.91. The average Bonchev–Trinajstić information content (AvgIpc) is 3.59. The summed E-state index contributed by atoms with van der Waals surface area (Å²) in [5.41, 5.74) is 1.29. The Morgan fingerprint density at radius 2 is 1.75 bits per heavy atom. The molecule has 2 aliphatic rings. The molecule has 0 radical (unpaired) electrons. The molecule has 0 N–H and O–H groups in total. The minimum absolute atomic E-state index is 0.0918. The molecule has 1 aliphatic carbocycles. The first kappa shape index (κ1) is 20.3. The minimum atomic E-state index is -0.0918. The molecule has 5 rings (SSSR count). The summed E-state index contributed by atoms with van der Waals surface area (Å²) in [5, 5.41) is 4.07. The van der Waals surface area contributed by atoms with Crippen LogP contribution in [0.5, 0.6) is 11.5 Å². The second-order valence-electron chi connectivity index (χ2n) is 7.95. The number of hydrogen-bond donors (Lipinski definition) is 0. The van der Waals surface area contributed by atoms with Crippen molar-refractivity contribution in [3.8, 4) is 22.9 Å². The fourth-order valence-corrected chi connectivity index (χ4v) is 3.91. The highest BCUT2D eigenvalue weighted by Crippen LogP contribution is 2.39. The lowest BCUT2D eigenvalue weighted by atomic mass is 10.1. The molecule has 1 amide bonds. The second kappa shape index (κ2) is 8.49. The van der Waals surface area contributed by atoms with Gasteiger partial charge in [-0.1, -0.05) is 11.2 Å². The second-order valence-corrected chi connectivity index (χ2v) is 7.95. The number of aromatic nitrogens is 3. The normalized spacial score (nSPS) is 16.2. The number of amides is 1. The first-order valence-electron chi connectivity index (χ1n) is 10.7. The highest BCUT2D eigenvalue weighted by Gasteiger charge is 2.30. The number of ether oxygens (including phenoxy) is 2. The van der Waals surface area contributed by atoms with Crippen molar-refractivity contribution in [1.82, 2.24) is 20.0 Å². The Hall–Kier alpha value is -3.62. The molecule has 3 aromatic rings. The van der Waals surface area contributed by atoms with Gasteiger partial charge >= 0.3 is 0 Å². The summed E-state index contributed by atoms with van der Waals surface area (Å²) in [6.07, 6.45) is 4.02. The Morgan fingerprint density at radius 1 is 1.03 bits per heavy atom. The van der Waals surface area contributed by atoms with E-state index in [4.69, 9.17) is 14.0 Å². The fraction of sp³-hybridized carbons (Fsp3) is 0.391. The van der Waals surface area contributed by atoms with E-state index in [0.717, 1.165) is 30.1 Å². The Labute approximate surface area is 185 Å². The molecule has 0 bridgehead atoms. The van der Waals surface area contributed by atoms with Crippen LogP contribution in [0, 0.1) is 0 Å². The van der Waals surface area contributed by atoms with Gasteiger partial charge in [-0.2, -0.15) is 4.98 Å². The molecule has 1 saturated heterocycles. The van der Waals surface area contributed by atoms with Crippen LogP contribution in [0.25, 0.3) is 11.4 Å². The van der Waals surface area contributed by atoms with Gasteiger partial charge in [-0.25, -0.2) is 4.98 Å². The van der Waals surface area contributed by atoms with Gasteiger partial charge in [0.1, 0.15) is 22.9 Å². The van der Waals surface area contributed by atoms with E-state index in [-0.39, 0.29) is 5.91 Å². The molecule has 32 heavy (non-hydrogen) atoms. The van der Waals surface area contributed by atoms with Crippen LogP contribution in [0.3, 0.4) is 0 Å². The first-order valence-corrected chi connectivity index (χ1v) is 10.7. The molecule has 9 nitrogen and oxygen atoms in total. The largest absolute Gasteiger partial charge is 0.496 e. The quantitative estimate of drug-likeness (QED) is 0.583. The minimum Gasteiger partial charge on any atom is -0.496 e. The molecule has 3 heterocycles. The van der Waals surface area contributed by atoms with Gasteiger partial charge in [-0.3, -0.25) is 4.79 Å². The number of rotatable bonds is 6. The molecule has 2 fully saturated rings. The van der Waals surface area contributed by atoms with E-state index in [9.17, 15) is 4.79 Å². The van der Waals surface area contributed by atoms with Crippen LogP contribution in [-0.4, -0.2) is 66.3 Å². The molecule has 0 spiro atoms. The highest BCUT2D eigenvalue weighted by molar-refractivity contribution is 5.99. The van der Waals surface area contributed by atoms with Crippen LogP contribution in [-0.2, 0) is 0 Å². The number of carbonyl (C=O) groups is 1. The third-order valence-corrected chi connectivity index (χ3v) is 5.91. The van der Waals surface area contributed by atoms with Crippen molar-refractivity contribution in [2.45, 2.75) is 18.8 Å².